The van der Waals surface area contributed by atoms with Crippen LogP contribution in [-0.4, -0.2) is 15.9 Å². The molecule has 19 heavy (non-hydrogen) atoms. The van der Waals surface area contributed by atoms with E-state index in [0.29, 0.717) is 17.8 Å². The number of amides is 1. The molecule has 0 aliphatic carbocycles. The molecule has 1 aromatic carbocycles. The second-order valence-electron chi connectivity index (χ2n) is 4.40. The van der Waals surface area contributed by atoms with Crippen molar-refractivity contribution in [2.45, 2.75) is 20.4 Å². The molecule has 98 valence electrons. The van der Waals surface area contributed by atoms with Gasteiger partial charge in [0.05, 0.1) is 24.1 Å². The second-order valence-corrected chi connectivity index (χ2v) is 4.40. The lowest BCUT2D eigenvalue weighted by molar-refractivity contribution is 0.0950. The molecule has 0 radical (unpaired) electrons. The zero-order valence-corrected chi connectivity index (χ0v) is 11.0. The Morgan fingerprint density at radius 1 is 1.26 bits per heavy atom. The number of rotatable bonds is 3. The van der Waals surface area contributed by atoms with Gasteiger partial charge in [-0.3, -0.25) is 14.8 Å². The molecule has 0 saturated heterocycles. The van der Waals surface area contributed by atoms with E-state index in [1.807, 2.05) is 13.8 Å². The van der Waals surface area contributed by atoms with E-state index >= 15 is 0 Å². The van der Waals surface area contributed by atoms with E-state index in [2.05, 4.69) is 15.3 Å². The first-order chi connectivity index (χ1) is 9.06. The quantitative estimate of drug-likeness (QED) is 0.817. The van der Waals surface area contributed by atoms with Gasteiger partial charge in [-0.05, 0) is 37.6 Å². The Balaban J connectivity index is 2.01. The number of carbonyl (C=O) groups is 1. The third-order valence-corrected chi connectivity index (χ3v) is 2.80. The highest BCUT2D eigenvalue weighted by atomic mass is 16.1. The number of benzene rings is 1. The van der Waals surface area contributed by atoms with Gasteiger partial charge in [-0.25, -0.2) is 0 Å². The van der Waals surface area contributed by atoms with Crippen LogP contribution in [0.4, 0.5) is 5.69 Å². The van der Waals surface area contributed by atoms with Gasteiger partial charge in [0.15, 0.2) is 0 Å². The molecule has 5 heteroatoms. The molecule has 5 nitrogen and oxygen atoms in total. The molecule has 0 spiro atoms. The van der Waals surface area contributed by atoms with Gasteiger partial charge >= 0.3 is 0 Å². The zero-order valence-electron chi connectivity index (χ0n) is 11.0. The molecule has 3 N–H and O–H groups in total. The van der Waals surface area contributed by atoms with Crippen molar-refractivity contribution >= 4 is 11.6 Å². The van der Waals surface area contributed by atoms with Crippen molar-refractivity contribution in [3.05, 3.63) is 53.1 Å². The first kappa shape index (κ1) is 13.0. The summed E-state index contributed by atoms with van der Waals surface area (Å²) in [7, 11) is 0. The number of carbonyl (C=O) groups excluding carboxylic acids is 1. The van der Waals surface area contributed by atoms with Gasteiger partial charge < -0.3 is 11.1 Å². The summed E-state index contributed by atoms with van der Waals surface area (Å²) in [6.07, 6.45) is 3.33. The van der Waals surface area contributed by atoms with Crippen molar-refractivity contribution in [1.29, 1.82) is 0 Å². The van der Waals surface area contributed by atoms with E-state index in [-0.39, 0.29) is 5.91 Å². The molecule has 0 bridgehead atoms. The molecule has 1 heterocycles. The van der Waals surface area contributed by atoms with Crippen molar-refractivity contribution in [2.24, 2.45) is 0 Å². The molecule has 2 aromatic rings. The van der Waals surface area contributed by atoms with E-state index in [0.717, 1.165) is 17.0 Å². The lowest BCUT2D eigenvalue weighted by Crippen LogP contribution is -2.23. The summed E-state index contributed by atoms with van der Waals surface area (Å²) in [6.45, 7) is 4.10. The van der Waals surface area contributed by atoms with Gasteiger partial charge in [0.1, 0.15) is 0 Å². The monoisotopic (exact) mass is 256 g/mol. The topological polar surface area (TPSA) is 80.9 Å². The highest BCUT2D eigenvalue weighted by molar-refractivity contribution is 5.94. The van der Waals surface area contributed by atoms with Gasteiger partial charge in [0.2, 0.25) is 0 Å². The second kappa shape index (κ2) is 5.48. The number of aromatic nitrogens is 2. The van der Waals surface area contributed by atoms with Gasteiger partial charge in [0.25, 0.3) is 5.91 Å². The Bertz CT molecular complexity index is 593. The van der Waals surface area contributed by atoms with Crippen LogP contribution in [0.1, 0.15) is 27.3 Å². The smallest absolute Gasteiger partial charge is 0.251 e. The molecule has 1 aromatic heterocycles. The molecular formula is C14H16N4O. The number of hydrogen-bond donors (Lipinski definition) is 2. The SMILES string of the molecule is Cc1cnc(CNC(=O)c2ccc(N)c(C)c2)cn1. The molecule has 0 atom stereocenters. The van der Waals surface area contributed by atoms with Gasteiger partial charge in [-0.1, -0.05) is 0 Å². The molecule has 1 amide bonds. The first-order valence-corrected chi connectivity index (χ1v) is 5.98. The van der Waals surface area contributed by atoms with Gasteiger partial charge in [-0.15, -0.1) is 0 Å². The fraction of sp³-hybridized carbons (Fsp3) is 0.214. The van der Waals surface area contributed by atoms with Crippen LogP contribution in [0.5, 0.6) is 0 Å². The van der Waals surface area contributed by atoms with E-state index in [1.165, 1.54) is 0 Å². The zero-order chi connectivity index (χ0) is 13.8. The summed E-state index contributed by atoms with van der Waals surface area (Å²) in [5, 5.41) is 2.80. The lowest BCUT2D eigenvalue weighted by Gasteiger charge is -2.06. The number of nitrogen functional groups attached to an aromatic ring is 1. The highest BCUT2D eigenvalue weighted by Gasteiger charge is 2.07. The van der Waals surface area contributed by atoms with Crippen molar-refractivity contribution < 1.29 is 4.79 Å². The first-order valence-electron chi connectivity index (χ1n) is 5.98. The highest BCUT2D eigenvalue weighted by Crippen LogP contribution is 2.12. The maximum Gasteiger partial charge on any atom is 0.251 e. The van der Waals surface area contributed by atoms with Crippen molar-refractivity contribution in [3.8, 4) is 0 Å². The Morgan fingerprint density at radius 3 is 2.68 bits per heavy atom. The summed E-state index contributed by atoms with van der Waals surface area (Å²) in [4.78, 5) is 20.3. The number of nitrogens with one attached hydrogen (secondary N) is 1. The Morgan fingerprint density at radius 2 is 2.05 bits per heavy atom. The molecule has 2 rings (SSSR count). The van der Waals surface area contributed by atoms with E-state index < -0.39 is 0 Å². The minimum atomic E-state index is -0.148. The van der Waals surface area contributed by atoms with Crippen LogP contribution in [0.2, 0.25) is 0 Å². The molecule has 0 fully saturated rings. The fourth-order valence-electron chi connectivity index (χ4n) is 1.60. The summed E-state index contributed by atoms with van der Waals surface area (Å²) in [5.41, 5.74) is 9.46. The van der Waals surface area contributed by atoms with E-state index in [9.17, 15) is 4.79 Å². The average Bonchev–Trinajstić information content (AvgIpc) is 2.41. The summed E-state index contributed by atoms with van der Waals surface area (Å²) >= 11 is 0. The van der Waals surface area contributed by atoms with Crippen LogP contribution in [0.25, 0.3) is 0 Å². The minimum Gasteiger partial charge on any atom is -0.399 e. The van der Waals surface area contributed by atoms with Crippen LogP contribution < -0.4 is 11.1 Å². The van der Waals surface area contributed by atoms with Crippen molar-refractivity contribution in [3.63, 3.8) is 0 Å². The predicted octanol–water partition coefficient (Wildman–Crippen LogP) is 1.61. The molecule has 0 aliphatic heterocycles. The summed E-state index contributed by atoms with van der Waals surface area (Å²) < 4.78 is 0. The van der Waals surface area contributed by atoms with Crippen LogP contribution >= 0.6 is 0 Å². The largest absolute Gasteiger partial charge is 0.399 e. The molecule has 0 aliphatic rings. The summed E-state index contributed by atoms with van der Waals surface area (Å²) in [5.74, 6) is -0.148. The maximum atomic E-state index is 11.9. The van der Waals surface area contributed by atoms with Crippen LogP contribution in [-0.2, 0) is 6.54 Å². The normalized spacial score (nSPS) is 10.2. The Kier molecular flexibility index (Phi) is 3.75. The standard InChI is InChI=1S/C14H16N4O/c1-9-5-11(3-4-13(9)15)14(19)18-8-12-7-16-10(2)6-17-12/h3-7H,8,15H2,1-2H3,(H,18,19). The number of anilines is 1. The Hall–Kier alpha value is -2.43. The number of nitrogens with zero attached hydrogens (tertiary/aromatic N) is 2. The molecule has 0 saturated carbocycles. The van der Waals surface area contributed by atoms with E-state index in [4.69, 9.17) is 5.73 Å². The molecular weight excluding hydrogens is 240 g/mol. The van der Waals surface area contributed by atoms with E-state index in [1.54, 1.807) is 30.6 Å². The number of aryl methyl sites for hydroxylation is 2. The third kappa shape index (κ3) is 3.28. The minimum absolute atomic E-state index is 0.148. The van der Waals surface area contributed by atoms with Gasteiger partial charge in [0, 0.05) is 17.4 Å². The van der Waals surface area contributed by atoms with Crippen LogP contribution in [0.15, 0.2) is 30.6 Å². The molecule has 0 unspecified atom stereocenters. The lowest BCUT2D eigenvalue weighted by atomic mass is 10.1. The number of nitrogens with two attached hydrogens (primary N) is 1. The van der Waals surface area contributed by atoms with Crippen LogP contribution in [0.3, 0.4) is 0 Å². The maximum absolute atomic E-state index is 11.9. The predicted molar refractivity (Wildman–Crippen MR) is 73.5 cm³/mol. The third-order valence-electron chi connectivity index (χ3n) is 2.80. The fourth-order valence-corrected chi connectivity index (χ4v) is 1.60. The Labute approximate surface area is 111 Å². The van der Waals surface area contributed by atoms with Crippen molar-refractivity contribution in [2.75, 3.05) is 5.73 Å². The summed E-state index contributed by atoms with van der Waals surface area (Å²) in [6, 6.07) is 5.21. The number of hydrogen-bond acceptors (Lipinski definition) is 4. The average molecular weight is 256 g/mol. The van der Waals surface area contributed by atoms with Crippen molar-refractivity contribution in [1.82, 2.24) is 15.3 Å². The van der Waals surface area contributed by atoms with Gasteiger partial charge in [-0.2, -0.15) is 0 Å². The van der Waals surface area contributed by atoms with Crippen LogP contribution in [0, 0.1) is 13.8 Å².